The summed E-state index contributed by atoms with van der Waals surface area (Å²) in [4.78, 5) is 23.0. The number of hydrogen-bond donors (Lipinski definition) is 2. The van der Waals surface area contributed by atoms with E-state index in [-0.39, 0.29) is 17.1 Å². The van der Waals surface area contributed by atoms with Crippen LogP contribution in [0, 0.1) is 19.3 Å². The lowest BCUT2D eigenvalue weighted by Crippen LogP contribution is -2.50. The van der Waals surface area contributed by atoms with Crippen LogP contribution in [0.2, 0.25) is 0 Å². The van der Waals surface area contributed by atoms with Gasteiger partial charge >= 0.3 is 0 Å². The van der Waals surface area contributed by atoms with E-state index in [0.29, 0.717) is 6.04 Å². The van der Waals surface area contributed by atoms with Crippen molar-refractivity contribution in [1.29, 1.82) is 0 Å². The molecule has 0 aliphatic carbocycles. The molecule has 7 heteroatoms. The van der Waals surface area contributed by atoms with Crippen LogP contribution in [0.3, 0.4) is 0 Å². The molecular formula is C17H27N5O2. The lowest BCUT2D eigenvalue weighted by Gasteiger charge is -2.39. The van der Waals surface area contributed by atoms with Crippen LogP contribution < -0.4 is 15.5 Å². The first-order valence-corrected chi connectivity index (χ1v) is 8.55. The highest BCUT2D eigenvalue weighted by atomic mass is 16.5. The third-order valence-electron chi connectivity index (χ3n) is 5.00. The molecule has 0 spiro atoms. The number of hydrogen-bond acceptors (Lipinski definition) is 6. The highest BCUT2D eigenvalue weighted by Crippen LogP contribution is 2.27. The number of anilines is 1. The summed E-state index contributed by atoms with van der Waals surface area (Å²) in [6.45, 7) is 10.7. The minimum absolute atomic E-state index is 0.242. The predicted octanol–water partition coefficient (Wildman–Crippen LogP) is 0.658. The number of carbonyl (C=O) groups is 1. The lowest BCUT2D eigenvalue weighted by molar-refractivity contribution is -0.0998. The molecule has 3 heterocycles. The molecule has 1 aromatic rings. The van der Waals surface area contributed by atoms with E-state index < -0.39 is 0 Å². The maximum absolute atomic E-state index is 11.9. The molecule has 2 saturated heterocycles. The standard InChI is InChI=1S/C17H27N5O2/c1-11-12(2)20-14(16(23)18-4)21-15(11)22-6-5-13(7-22)19-8-17(3)9-24-10-17/h13,19H,5-10H2,1-4H3,(H,18,23)/t13-/m1/s1. The average Bonchev–Trinajstić information content (AvgIpc) is 3.01. The van der Waals surface area contributed by atoms with Gasteiger partial charge in [0.15, 0.2) is 0 Å². The minimum Gasteiger partial charge on any atom is -0.380 e. The minimum atomic E-state index is -0.244. The molecule has 0 saturated carbocycles. The van der Waals surface area contributed by atoms with Gasteiger partial charge in [0, 0.05) is 49.4 Å². The molecule has 1 aromatic heterocycles. The summed E-state index contributed by atoms with van der Waals surface area (Å²) >= 11 is 0. The summed E-state index contributed by atoms with van der Waals surface area (Å²) < 4.78 is 5.31. The van der Waals surface area contributed by atoms with E-state index in [9.17, 15) is 4.79 Å². The number of rotatable bonds is 5. The van der Waals surface area contributed by atoms with Gasteiger partial charge in [-0.05, 0) is 20.3 Å². The number of ether oxygens (including phenoxy) is 1. The second-order valence-electron chi connectivity index (χ2n) is 7.28. The van der Waals surface area contributed by atoms with Crippen LogP contribution in [-0.2, 0) is 4.74 Å². The fourth-order valence-electron chi connectivity index (χ4n) is 3.20. The van der Waals surface area contributed by atoms with Crippen molar-refractivity contribution in [2.75, 3.05) is 44.8 Å². The van der Waals surface area contributed by atoms with Crippen molar-refractivity contribution in [2.45, 2.75) is 33.2 Å². The smallest absolute Gasteiger partial charge is 0.288 e. The molecular weight excluding hydrogens is 306 g/mol. The van der Waals surface area contributed by atoms with Gasteiger partial charge in [-0.25, -0.2) is 9.97 Å². The van der Waals surface area contributed by atoms with Crippen molar-refractivity contribution >= 4 is 11.7 Å². The van der Waals surface area contributed by atoms with Gasteiger partial charge in [0.1, 0.15) is 5.82 Å². The molecule has 2 N–H and O–H groups in total. The zero-order chi connectivity index (χ0) is 17.3. The van der Waals surface area contributed by atoms with Crippen LogP contribution in [0.4, 0.5) is 5.82 Å². The van der Waals surface area contributed by atoms with Crippen molar-refractivity contribution in [3.8, 4) is 0 Å². The number of amides is 1. The number of nitrogens with zero attached hydrogens (tertiary/aromatic N) is 3. The number of aryl methyl sites for hydroxylation is 1. The number of nitrogens with one attached hydrogen (secondary N) is 2. The zero-order valence-electron chi connectivity index (χ0n) is 15.0. The molecule has 0 aromatic carbocycles. The Balaban J connectivity index is 1.68. The van der Waals surface area contributed by atoms with Crippen LogP contribution in [0.25, 0.3) is 0 Å². The van der Waals surface area contributed by atoms with Crippen LogP contribution in [0.5, 0.6) is 0 Å². The Hall–Kier alpha value is -1.73. The summed E-state index contributed by atoms with van der Waals surface area (Å²) in [5, 5.41) is 6.26. The van der Waals surface area contributed by atoms with Gasteiger partial charge < -0.3 is 20.3 Å². The van der Waals surface area contributed by atoms with Crippen molar-refractivity contribution in [2.24, 2.45) is 5.41 Å². The molecule has 1 atom stereocenters. The third-order valence-corrected chi connectivity index (χ3v) is 5.00. The maximum atomic E-state index is 11.9. The van der Waals surface area contributed by atoms with Crippen molar-refractivity contribution in [1.82, 2.24) is 20.6 Å². The Labute approximate surface area is 143 Å². The summed E-state index contributed by atoms with van der Waals surface area (Å²) in [5.41, 5.74) is 2.18. The molecule has 1 amide bonds. The summed E-state index contributed by atoms with van der Waals surface area (Å²) in [5.74, 6) is 0.876. The van der Waals surface area contributed by atoms with E-state index in [2.05, 4.69) is 32.4 Å². The van der Waals surface area contributed by atoms with Crippen molar-refractivity contribution in [3.05, 3.63) is 17.1 Å². The Kier molecular flexibility index (Phi) is 4.73. The Bertz CT molecular complexity index is 630. The fraction of sp³-hybridized carbons (Fsp3) is 0.706. The van der Waals surface area contributed by atoms with Gasteiger partial charge in [-0.1, -0.05) is 6.92 Å². The fourth-order valence-corrected chi connectivity index (χ4v) is 3.20. The highest BCUT2D eigenvalue weighted by molar-refractivity contribution is 5.90. The molecule has 0 bridgehead atoms. The van der Waals surface area contributed by atoms with Crippen molar-refractivity contribution in [3.63, 3.8) is 0 Å². The quantitative estimate of drug-likeness (QED) is 0.824. The monoisotopic (exact) mass is 333 g/mol. The van der Waals surface area contributed by atoms with E-state index in [1.54, 1.807) is 7.05 Å². The van der Waals surface area contributed by atoms with Gasteiger partial charge in [0.05, 0.1) is 13.2 Å². The molecule has 2 aliphatic heterocycles. The molecule has 2 fully saturated rings. The normalized spacial score (nSPS) is 22.3. The van der Waals surface area contributed by atoms with Gasteiger partial charge in [-0.2, -0.15) is 0 Å². The van der Waals surface area contributed by atoms with Crippen molar-refractivity contribution < 1.29 is 9.53 Å². The molecule has 3 rings (SSSR count). The van der Waals surface area contributed by atoms with Gasteiger partial charge in [-0.15, -0.1) is 0 Å². The Morgan fingerprint density at radius 1 is 1.38 bits per heavy atom. The summed E-state index contributed by atoms with van der Waals surface area (Å²) in [7, 11) is 1.60. The number of aromatic nitrogens is 2. The number of carbonyl (C=O) groups excluding carboxylic acids is 1. The van der Waals surface area contributed by atoms with Crippen LogP contribution in [0.1, 0.15) is 35.2 Å². The Morgan fingerprint density at radius 2 is 2.12 bits per heavy atom. The molecule has 24 heavy (non-hydrogen) atoms. The van der Waals surface area contributed by atoms with Crippen LogP contribution >= 0.6 is 0 Å². The zero-order valence-corrected chi connectivity index (χ0v) is 15.0. The lowest BCUT2D eigenvalue weighted by atomic mass is 9.88. The second-order valence-corrected chi connectivity index (χ2v) is 7.28. The SMILES string of the molecule is CNC(=O)c1nc(C)c(C)c(N2CC[C@@H](NCC3(C)COC3)C2)n1. The van der Waals surface area contributed by atoms with Crippen LogP contribution in [-0.4, -0.2) is 61.8 Å². The molecule has 132 valence electrons. The van der Waals surface area contributed by atoms with Crippen LogP contribution in [0.15, 0.2) is 0 Å². The van der Waals surface area contributed by atoms with E-state index >= 15 is 0 Å². The molecule has 2 aliphatic rings. The third kappa shape index (κ3) is 3.37. The molecule has 0 radical (unpaired) electrons. The highest BCUT2D eigenvalue weighted by Gasteiger charge is 2.35. The van der Waals surface area contributed by atoms with E-state index in [0.717, 1.165) is 56.3 Å². The Morgan fingerprint density at radius 3 is 2.75 bits per heavy atom. The predicted molar refractivity (Wildman–Crippen MR) is 92.4 cm³/mol. The van der Waals surface area contributed by atoms with Gasteiger partial charge in [0.25, 0.3) is 5.91 Å². The second kappa shape index (κ2) is 6.64. The first kappa shape index (κ1) is 17.1. The summed E-state index contributed by atoms with van der Waals surface area (Å²) in [6, 6.07) is 0.445. The van der Waals surface area contributed by atoms with E-state index in [4.69, 9.17) is 4.74 Å². The molecule has 7 nitrogen and oxygen atoms in total. The topological polar surface area (TPSA) is 79.4 Å². The van der Waals surface area contributed by atoms with Gasteiger partial charge in [-0.3, -0.25) is 4.79 Å². The average molecular weight is 333 g/mol. The first-order valence-electron chi connectivity index (χ1n) is 8.55. The first-order chi connectivity index (χ1) is 11.4. The molecule has 0 unspecified atom stereocenters. The van der Waals surface area contributed by atoms with Gasteiger partial charge in [0.2, 0.25) is 5.82 Å². The largest absolute Gasteiger partial charge is 0.380 e. The summed E-state index contributed by atoms with van der Waals surface area (Å²) in [6.07, 6.45) is 1.08. The van der Waals surface area contributed by atoms with E-state index in [1.807, 2.05) is 13.8 Å². The maximum Gasteiger partial charge on any atom is 0.288 e. The van der Waals surface area contributed by atoms with E-state index in [1.165, 1.54) is 0 Å².